The largest absolute Gasteiger partial charge is 0.508 e. The average Bonchev–Trinajstić information content (AvgIpc) is 2.25. The second-order valence-corrected chi connectivity index (χ2v) is 3.44. The topological polar surface area (TPSA) is 49.7 Å². The second kappa shape index (κ2) is 5.99. The van der Waals surface area contributed by atoms with Crippen molar-refractivity contribution in [2.24, 2.45) is 4.99 Å². The SMILES string of the molecule is CCCCC(N=C=O)c1ccccc1O. The standard InChI is InChI=1S/C12H15NO2/c1-2-3-7-11(13-9-14)10-6-4-5-8-12(10)15/h4-6,8,11,15H,2-3,7H2,1H3. The zero-order chi connectivity index (χ0) is 11.1. The molecule has 1 atom stereocenters. The minimum Gasteiger partial charge on any atom is -0.508 e. The first-order valence-electron chi connectivity index (χ1n) is 5.14. The van der Waals surface area contributed by atoms with Gasteiger partial charge in [-0.2, -0.15) is 4.99 Å². The van der Waals surface area contributed by atoms with Gasteiger partial charge in [0.2, 0.25) is 6.08 Å². The predicted molar refractivity (Wildman–Crippen MR) is 58.5 cm³/mol. The Morgan fingerprint density at radius 2 is 2.20 bits per heavy atom. The number of aliphatic imine (C=N–C) groups is 1. The molecule has 0 aliphatic carbocycles. The fourth-order valence-electron chi connectivity index (χ4n) is 1.52. The molecule has 0 aliphatic heterocycles. The first kappa shape index (κ1) is 11.5. The maximum Gasteiger partial charge on any atom is 0.235 e. The molecule has 3 heteroatoms. The molecule has 15 heavy (non-hydrogen) atoms. The third kappa shape index (κ3) is 3.22. The summed E-state index contributed by atoms with van der Waals surface area (Å²) < 4.78 is 0. The van der Waals surface area contributed by atoms with Gasteiger partial charge in [-0.1, -0.05) is 38.0 Å². The molecule has 0 fully saturated rings. The van der Waals surface area contributed by atoms with E-state index < -0.39 is 0 Å². The van der Waals surface area contributed by atoms with Crippen LogP contribution in [0.3, 0.4) is 0 Å². The first-order chi connectivity index (χ1) is 7.29. The Morgan fingerprint density at radius 1 is 1.47 bits per heavy atom. The molecule has 80 valence electrons. The van der Waals surface area contributed by atoms with Crippen molar-refractivity contribution in [3.63, 3.8) is 0 Å². The van der Waals surface area contributed by atoms with Crippen LogP contribution in [0.2, 0.25) is 0 Å². The van der Waals surface area contributed by atoms with E-state index in [0.29, 0.717) is 5.56 Å². The normalized spacial score (nSPS) is 11.8. The van der Waals surface area contributed by atoms with Crippen LogP contribution in [-0.2, 0) is 4.79 Å². The van der Waals surface area contributed by atoms with Gasteiger partial charge in [0.15, 0.2) is 0 Å². The minimum atomic E-state index is -0.261. The number of hydrogen-bond acceptors (Lipinski definition) is 3. The van der Waals surface area contributed by atoms with Gasteiger partial charge in [-0.15, -0.1) is 0 Å². The molecule has 0 aromatic heterocycles. The van der Waals surface area contributed by atoms with Crippen molar-refractivity contribution < 1.29 is 9.90 Å². The molecular weight excluding hydrogens is 190 g/mol. The Labute approximate surface area is 89.5 Å². The quantitative estimate of drug-likeness (QED) is 0.593. The van der Waals surface area contributed by atoms with E-state index in [1.54, 1.807) is 24.3 Å². The van der Waals surface area contributed by atoms with Crippen LogP contribution in [0.15, 0.2) is 29.3 Å². The predicted octanol–water partition coefficient (Wildman–Crippen LogP) is 2.96. The molecular formula is C12H15NO2. The van der Waals surface area contributed by atoms with E-state index in [9.17, 15) is 9.90 Å². The van der Waals surface area contributed by atoms with Gasteiger partial charge in [-0.05, 0) is 12.5 Å². The Kier molecular flexibility index (Phi) is 4.58. The zero-order valence-corrected chi connectivity index (χ0v) is 8.81. The minimum absolute atomic E-state index is 0.192. The molecule has 0 bridgehead atoms. The number of unbranched alkanes of at least 4 members (excludes halogenated alkanes) is 1. The summed E-state index contributed by atoms with van der Waals surface area (Å²) in [4.78, 5) is 14.0. The summed E-state index contributed by atoms with van der Waals surface area (Å²) in [5.41, 5.74) is 0.703. The molecule has 0 aliphatic rings. The summed E-state index contributed by atoms with van der Waals surface area (Å²) >= 11 is 0. The molecule has 0 heterocycles. The van der Waals surface area contributed by atoms with Crippen LogP contribution in [-0.4, -0.2) is 11.2 Å². The summed E-state index contributed by atoms with van der Waals surface area (Å²) in [5.74, 6) is 0.192. The molecule has 1 rings (SSSR count). The lowest BCUT2D eigenvalue weighted by molar-refractivity contribution is 0.456. The van der Waals surface area contributed by atoms with Gasteiger partial charge in [0.05, 0.1) is 6.04 Å². The molecule has 1 N–H and O–H groups in total. The number of rotatable bonds is 5. The number of nitrogens with zero attached hydrogens (tertiary/aromatic N) is 1. The Hall–Kier alpha value is -1.60. The van der Waals surface area contributed by atoms with Gasteiger partial charge in [-0.3, -0.25) is 0 Å². The lowest BCUT2D eigenvalue weighted by Crippen LogP contribution is -1.95. The van der Waals surface area contributed by atoms with Crippen molar-refractivity contribution in [3.8, 4) is 5.75 Å². The fraction of sp³-hybridized carbons (Fsp3) is 0.417. The van der Waals surface area contributed by atoms with E-state index in [1.807, 2.05) is 6.07 Å². The van der Waals surface area contributed by atoms with Gasteiger partial charge < -0.3 is 5.11 Å². The van der Waals surface area contributed by atoms with Crippen molar-refractivity contribution in [2.45, 2.75) is 32.2 Å². The van der Waals surface area contributed by atoms with Crippen LogP contribution < -0.4 is 0 Å². The van der Waals surface area contributed by atoms with Crippen LogP contribution in [0.25, 0.3) is 0 Å². The van der Waals surface area contributed by atoms with Gasteiger partial charge in [0.1, 0.15) is 5.75 Å². The van der Waals surface area contributed by atoms with Crippen LogP contribution >= 0.6 is 0 Å². The van der Waals surface area contributed by atoms with E-state index in [1.165, 1.54) is 0 Å². The van der Waals surface area contributed by atoms with Crippen molar-refractivity contribution in [2.75, 3.05) is 0 Å². The zero-order valence-electron chi connectivity index (χ0n) is 8.81. The third-order valence-electron chi connectivity index (χ3n) is 2.34. The summed E-state index contributed by atoms with van der Waals surface area (Å²) in [6, 6.07) is 6.71. The molecule has 0 saturated carbocycles. The second-order valence-electron chi connectivity index (χ2n) is 3.44. The van der Waals surface area contributed by atoms with E-state index >= 15 is 0 Å². The van der Waals surface area contributed by atoms with Crippen LogP contribution in [0.1, 0.15) is 37.8 Å². The van der Waals surface area contributed by atoms with Crippen LogP contribution in [0.5, 0.6) is 5.75 Å². The van der Waals surface area contributed by atoms with Crippen molar-refractivity contribution >= 4 is 6.08 Å². The number of carbonyl (C=O) groups excluding carboxylic acids is 1. The molecule has 0 saturated heterocycles. The van der Waals surface area contributed by atoms with Crippen molar-refractivity contribution in [1.82, 2.24) is 0 Å². The maximum absolute atomic E-state index is 10.3. The summed E-state index contributed by atoms with van der Waals surface area (Å²) in [6.45, 7) is 2.08. The fourth-order valence-corrected chi connectivity index (χ4v) is 1.52. The van der Waals surface area contributed by atoms with Crippen molar-refractivity contribution in [1.29, 1.82) is 0 Å². The number of hydrogen-bond donors (Lipinski definition) is 1. The van der Waals surface area contributed by atoms with Gasteiger partial charge >= 0.3 is 0 Å². The first-order valence-corrected chi connectivity index (χ1v) is 5.14. The molecule has 0 amide bonds. The van der Waals surface area contributed by atoms with Crippen molar-refractivity contribution in [3.05, 3.63) is 29.8 Å². The lowest BCUT2D eigenvalue weighted by atomic mass is 10.0. The number of aromatic hydroxyl groups is 1. The Morgan fingerprint density at radius 3 is 2.80 bits per heavy atom. The maximum atomic E-state index is 10.3. The number of phenolic OH excluding ortho intramolecular Hbond substituents is 1. The molecule has 0 spiro atoms. The molecule has 1 aromatic carbocycles. The highest BCUT2D eigenvalue weighted by molar-refractivity contribution is 5.39. The molecule has 0 radical (unpaired) electrons. The summed E-state index contributed by atoms with van der Waals surface area (Å²) in [5, 5.41) is 9.62. The van der Waals surface area contributed by atoms with E-state index in [0.717, 1.165) is 19.3 Å². The highest BCUT2D eigenvalue weighted by atomic mass is 16.3. The number of phenols is 1. The Balaban J connectivity index is 2.88. The monoisotopic (exact) mass is 205 g/mol. The Bertz CT molecular complexity index is 356. The molecule has 1 unspecified atom stereocenters. The smallest absolute Gasteiger partial charge is 0.235 e. The summed E-state index contributed by atoms with van der Waals surface area (Å²) in [7, 11) is 0. The molecule has 3 nitrogen and oxygen atoms in total. The average molecular weight is 205 g/mol. The van der Waals surface area contributed by atoms with E-state index in [-0.39, 0.29) is 11.8 Å². The molecule has 1 aromatic rings. The number of benzene rings is 1. The third-order valence-corrected chi connectivity index (χ3v) is 2.34. The number of isocyanates is 1. The number of para-hydroxylation sites is 1. The van der Waals surface area contributed by atoms with E-state index in [4.69, 9.17) is 0 Å². The van der Waals surface area contributed by atoms with E-state index in [2.05, 4.69) is 11.9 Å². The van der Waals surface area contributed by atoms with Gasteiger partial charge in [0, 0.05) is 5.56 Å². The van der Waals surface area contributed by atoms with Crippen LogP contribution in [0.4, 0.5) is 0 Å². The highest BCUT2D eigenvalue weighted by Crippen LogP contribution is 2.29. The lowest BCUT2D eigenvalue weighted by Gasteiger charge is -2.11. The summed E-state index contributed by atoms with van der Waals surface area (Å²) in [6.07, 6.45) is 4.35. The van der Waals surface area contributed by atoms with Gasteiger partial charge in [0.25, 0.3) is 0 Å². The van der Waals surface area contributed by atoms with Crippen LogP contribution in [0, 0.1) is 0 Å². The highest BCUT2D eigenvalue weighted by Gasteiger charge is 2.12. The van der Waals surface area contributed by atoms with Gasteiger partial charge in [-0.25, -0.2) is 4.79 Å².